The molecule has 23 heteroatoms. The maximum atomic E-state index is 13.9. The predicted molar refractivity (Wildman–Crippen MR) is 334 cm³/mol. The van der Waals surface area contributed by atoms with Gasteiger partial charge in [-0.1, -0.05) is 74.5 Å². The predicted octanol–water partition coefficient (Wildman–Crippen LogP) is 8.06. The summed E-state index contributed by atoms with van der Waals surface area (Å²) in [7, 11) is -3.13. The number of carbonyl (C=O) groups excluding carboxylic acids is 4. The number of morpholine rings is 1. The number of aromatic nitrogens is 2. The van der Waals surface area contributed by atoms with Crippen molar-refractivity contribution in [1.82, 2.24) is 44.7 Å². The summed E-state index contributed by atoms with van der Waals surface area (Å²) in [5.41, 5.74) is -1.43. The van der Waals surface area contributed by atoms with Crippen LogP contribution in [-0.2, 0) is 26.7 Å². The number of carbonyl (C=O) groups is 4. The molecule has 10 rings (SSSR count). The first-order valence-electron chi connectivity index (χ1n) is 29.1. The maximum Gasteiger partial charge on any atom is 0.280 e. The number of likely N-dealkylation sites (tertiary alicyclic amines) is 2. The van der Waals surface area contributed by atoms with Crippen molar-refractivity contribution in [2.45, 2.75) is 126 Å². The van der Waals surface area contributed by atoms with E-state index in [0.717, 1.165) is 95.1 Å². The number of hydrogen-bond donors (Lipinski definition) is 6. The van der Waals surface area contributed by atoms with E-state index in [1.165, 1.54) is 0 Å². The van der Waals surface area contributed by atoms with Crippen molar-refractivity contribution in [3.05, 3.63) is 94.2 Å². The fourth-order valence-electron chi connectivity index (χ4n) is 10.5. The van der Waals surface area contributed by atoms with Crippen molar-refractivity contribution in [2.75, 3.05) is 72.1 Å². The Bertz CT molecular complexity index is 3540. The molecule has 1 saturated carbocycles. The molecule has 4 aromatic carbocycles. The summed E-state index contributed by atoms with van der Waals surface area (Å²) >= 11 is 2.29. The lowest BCUT2D eigenvalue weighted by Crippen LogP contribution is -2.52. The van der Waals surface area contributed by atoms with Crippen LogP contribution in [0.25, 0.3) is 42.4 Å². The lowest BCUT2D eigenvalue weighted by Gasteiger charge is -2.35. The Hall–Kier alpha value is -5.91. The zero-order valence-electron chi connectivity index (χ0n) is 49.7. The molecule has 85 heavy (non-hydrogen) atoms. The van der Waals surface area contributed by atoms with Crippen molar-refractivity contribution in [3.63, 3.8) is 0 Å². The van der Waals surface area contributed by atoms with Gasteiger partial charge in [0.15, 0.2) is 10.0 Å². The van der Waals surface area contributed by atoms with Crippen LogP contribution in [0.3, 0.4) is 0 Å². The zero-order chi connectivity index (χ0) is 61.0. The second kappa shape index (κ2) is 26.6. The maximum absolute atomic E-state index is 13.9. The molecule has 4 amide bonds. The Labute approximate surface area is 510 Å². The first-order valence-corrected chi connectivity index (χ1v) is 33.0. The minimum Gasteiger partial charge on any atom is -0.389 e. The summed E-state index contributed by atoms with van der Waals surface area (Å²) < 4.78 is 38.9. The van der Waals surface area contributed by atoms with Gasteiger partial charge in [-0.25, -0.2) is 27.8 Å². The third-order valence-electron chi connectivity index (χ3n) is 15.6. The average molecular weight is 1240 g/mol. The summed E-state index contributed by atoms with van der Waals surface area (Å²) in [6.45, 7) is 21.4. The number of nitrogens with one attached hydrogen (secondary N) is 4. The Morgan fingerprint density at radius 2 is 1.06 bits per heavy atom. The van der Waals surface area contributed by atoms with E-state index in [0.29, 0.717) is 89.2 Å². The number of aliphatic hydroxyl groups is 2. The van der Waals surface area contributed by atoms with Gasteiger partial charge in [0.2, 0.25) is 0 Å². The molecule has 4 fully saturated rings. The number of hydrogen-bond acceptors (Lipinski definition) is 15. The van der Waals surface area contributed by atoms with E-state index in [-0.39, 0.29) is 46.3 Å². The SMILES string of the molecule is CC1CCN(C(=O)c2nc(C(=O)NCC(C)(C)O)sc2-c2ccc(S(=O)NC(C)(C)CN3CCOCC3)c3ccccc23)CC1.CC1CCN(C(=O)c2nc(C(=O)NCC(C)(C)O)sc2-c2ccc(S(=O)NC3(C#N)CC3)c3ccccc23)CC1. The van der Waals surface area contributed by atoms with E-state index >= 15 is 0 Å². The summed E-state index contributed by atoms with van der Waals surface area (Å²) in [6.07, 6.45) is 4.97. The van der Waals surface area contributed by atoms with E-state index in [1.807, 2.05) is 71.6 Å². The number of nitrogens with zero attached hydrogens (tertiary/aromatic N) is 6. The van der Waals surface area contributed by atoms with Crippen LogP contribution < -0.4 is 20.1 Å². The van der Waals surface area contributed by atoms with Gasteiger partial charge in [-0.2, -0.15) is 5.26 Å². The number of piperidine rings is 2. The van der Waals surface area contributed by atoms with Gasteiger partial charge in [-0.3, -0.25) is 24.1 Å². The Balaban J connectivity index is 0.000000205. The first-order chi connectivity index (χ1) is 40.3. The fourth-order valence-corrected chi connectivity index (χ4v) is 15.0. The lowest BCUT2D eigenvalue weighted by molar-refractivity contribution is 0.0291. The summed E-state index contributed by atoms with van der Waals surface area (Å²) in [6, 6.07) is 24.7. The van der Waals surface area contributed by atoms with Crippen LogP contribution in [0.5, 0.6) is 0 Å². The van der Waals surface area contributed by atoms with E-state index in [2.05, 4.69) is 68.7 Å². The van der Waals surface area contributed by atoms with Gasteiger partial charge in [0, 0.05) is 75.6 Å². The second-order valence-electron chi connectivity index (χ2n) is 24.9. The quantitative estimate of drug-likeness (QED) is 0.0476. The molecule has 6 aromatic rings. The normalized spacial score (nSPS) is 17.8. The van der Waals surface area contributed by atoms with Crippen molar-refractivity contribution in [1.29, 1.82) is 5.26 Å². The average Bonchev–Trinajstić information content (AvgIpc) is 2.05. The third kappa shape index (κ3) is 15.8. The molecule has 454 valence electrons. The molecule has 2 atom stereocenters. The highest BCUT2D eigenvalue weighted by molar-refractivity contribution is 7.83. The number of thiazole rings is 2. The largest absolute Gasteiger partial charge is 0.389 e. The van der Waals surface area contributed by atoms with Crippen molar-refractivity contribution in [3.8, 4) is 27.0 Å². The van der Waals surface area contributed by atoms with Crippen LogP contribution in [-0.4, -0.2) is 161 Å². The van der Waals surface area contributed by atoms with Gasteiger partial charge in [0.1, 0.15) is 38.9 Å². The molecule has 3 aliphatic heterocycles. The molecule has 1 aliphatic carbocycles. The molecule has 6 N–H and O–H groups in total. The molecule has 4 aliphatic rings. The highest BCUT2D eigenvalue weighted by Gasteiger charge is 2.45. The number of fused-ring (bicyclic) bond motifs is 2. The Morgan fingerprint density at radius 1 is 0.647 bits per heavy atom. The van der Waals surface area contributed by atoms with Crippen LogP contribution in [0, 0.1) is 23.2 Å². The van der Waals surface area contributed by atoms with Gasteiger partial charge in [-0.05, 0) is 126 Å². The van der Waals surface area contributed by atoms with Crippen molar-refractivity contribution >= 4 is 89.8 Å². The second-order valence-corrected chi connectivity index (χ2v) is 29.2. The van der Waals surface area contributed by atoms with Crippen LogP contribution >= 0.6 is 22.7 Å². The van der Waals surface area contributed by atoms with Crippen molar-refractivity contribution < 1.29 is 42.5 Å². The van der Waals surface area contributed by atoms with E-state index in [4.69, 9.17) is 4.74 Å². The highest BCUT2D eigenvalue weighted by Crippen LogP contribution is 2.42. The number of ether oxygens (including phenoxy) is 1. The molecule has 0 radical (unpaired) electrons. The van der Waals surface area contributed by atoms with Gasteiger partial charge in [-0.15, -0.1) is 22.7 Å². The standard InChI is InChI=1S/C33H45N5O5S2.C29H33N5O4S2/c1-22-12-14-38(15-13-22)31(40)27-28(44-30(35-27)29(39)34-20-33(4,5)41)25-10-11-26(24-9-7-6-8-23(24)25)45(42)36-32(2,3)21-37-16-18-43-19-17-37;1-18-10-14-34(15-11-18)27(36)23-24(39-26(32-23)25(35)31-17-28(2,3)37)21-8-9-22(20-7-5-4-6-19(20)21)40(38)33-29(16-30)12-13-29/h6-11,22,36,41H,12-21H2,1-5H3,(H,34,39);4-9,18,33,37H,10-15,17H2,1-3H3,(H,31,35). The van der Waals surface area contributed by atoms with Gasteiger partial charge in [0.25, 0.3) is 23.6 Å². The fraction of sp³-hybridized carbons (Fsp3) is 0.500. The van der Waals surface area contributed by atoms with Gasteiger partial charge < -0.3 is 35.4 Å². The van der Waals surface area contributed by atoms with E-state index < -0.39 is 56.1 Å². The molecular weight excluding hydrogens is 1160 g/mol. The molecule has 19 nitrogen and oxygen atoms in total. The summed E-state index contributed by atoms with van der Waals surface area (Å²) in [4.78, 5) is 71.3. The van der Waals surface area contributed by atoms with E-state index in [1.54, 1.807) is 38.7 Å². The Kier molecular flexibility index (Phi) is 19.9. The molecular formula is C62H78N10O9S4. The van der Waals surface area contributed by atoms with Crippen LogP contribution in [0.1, 0.15) is 134 Å². The van der Waals surface area contributed by atoms with Crippen molar-refractivity contribution in [2.24, 2.45) is 11.8 Å². The highest BCUT2D eigenvalue weighted by atomic mass is 32.2. The lowest BCUT2D eigenvalue weighted by atomic mass is 9.98. The summed E-state index contributed by atoms with van der Waals surface area (Å²) in [5.74, 6) is -0.220. The Morgan fingerprint density at radius 3 is 1.46 bits per heavy atom. The number of benzene rings is 4. The summed E-state index contributed by atoms with van der Waals surface area (Å²) in [5, 5.41) is 38.5. The molecule has 3 saturated heterocycles. The first kappa shape index (κ1) is 63.6. The monoisotopic (exact) mass is 1230 g/mol. The minimum absolute atomic E-state index is 0.0364. The van der Waals surface area contributed by atoms with Gasteiger partial charge >= 0.3 is 0 Å². The molecule has 2 aromatic heterocycles. The third-order valence-corrected chi connectivity index (χ3v) is 20.6. The van der Waals surface area contributed by atoms with Crippen LogP contribution in [0.15, 0.2) is 82.6 Å². The molecule has 0 bridgehead atoms. The van der Waals surface area contributed by atoms with Crippen LogP contribution in [0.4, 0.5) is 0 Å². The number of nitriles is 1. The van der Waals surface area contributed by atoms with E-state index in [9.17, 15) is 43.1 Å². The molecule has 5 heterocycles. The molecule has 2 unspecified atom stereocenters. The zero-order valence-corrected chi connectivity index (χ0v) is 52.9. The smallest absolute Gasteiger partial charge is 0.280 e. The van der Waals surface area contributed by atoms with Gasteiger partial charge in [0.05, 0.1) is 50.0 Å². The number of amides is 4. The van der Waals surface area contributed by atoms with Crippen LogP contribution in [0.2, 0.25) is 0 Å². The number of rotatable bonds is 18. The minimum atomic E-state index is -1.61. The topological polar surface area (TPSA) is 260 Å². The molecule has 0 spiro atoms.